The second kappa shape index (κ2) is 38.5. The van der Waals surface area contributed by atoms with E-state index in [1.54, 1.807) is 34.0 Å². The van der Waals surface area contributed by atoms with Gasteiger partial charge in [0.2, 0.25) is 0 Å². The fourth-order valence-corrected chi connectivity index (χ4v) is 19.7. The zero-order valence-corrected chi connectivity index (χ0v) is 75.5. The molecular formula is C123H81N9S3. The van der Waals surface area contributed by atoms with Crippen LogP contribution in [0.15, 0.2) is 491 Å². The van der Waals surface area contributed by atoms with Gasteiger partial charge >= 0.3 is 0 Å². The third-order valence-corrected chi connectivity index (χ3v) is 27.1. The van der Waals surface area contributed by atoms with E-state index < -0.39 is 0 Å². The zero-order chi connectivity index (χ0) is 90.0. The molecule has 6 heterocycles. The molecule has 12 heteroatoms. The van der Waals surface area contributed by atoms with Gasteiger partial charge in [-0.3, -0.25) is 0 Å². The maximum absolute atomic E-state index is 5.17. The predicted molar refractivity (Wildman–Crippen MR) is 563 cm³/mol. The Morgan fingerprint density at radius 1 is 0.119 bits per heavy atom. The number of nitrogens with zero attached hydrogens (tertiary/aromatic N) is 9. The smallest absolute Gasteiger partial charge is 0.160 e. The molecule has 6 aromatic heterocycles. The molecule has 0 bridgehead atoms. The first-order valence-corrected chi connectivity index (χ1v) is 47.3. The van der Waals surface area contributed by atoms with Gasteiger partial charge in [-0.15, -0.1) is 34.0 Å². The summed E-state index contributed by atoms with van der Waals surface area (Å²) in [6.07, 6.45) is 0. The van der Waals surface area contributed by atoms with Gasteiger partial charge in [0.05, 0.1) is 64.8 Å². The number of benzene rings is 18. The van der Waals surface area contributed by atoms with Crippen LogP contribution < -0.4 is 0 Å². The van der Waals surface area contributed by atoms with Crippen molar-refractivity contribution in [2.45, 2.75) is 0 Å². The number of hydrogen-bond acceptors (Lipinski definition) is 12. The molecule has 636 valence electrons. The lowest BCUT2D eigenvalue weighted by atomic mass is 9.96. The first kappa shape index (κ1) is 83.5. The van der Waals surface area contributed by atoms with Gasteiger partial charge in [0.1, 0.15) is 15.0 Å². The molecule has 0 saturated carbocycles. The molecule has 0 fully saturated rings. The second-order valence-corrected chi connectivity index (χ2v) is 35.8. The first-order chi connectivity index (χ1) is 66.8. The summed E-state index contributed by atoms with van der Waals surface area (Å²) in [5, 5.41) is 3.11. The SMILES string of the molecule is c1ccc(-c2ccc(-c3nc(-c4ccccc4)cc(-c4ccc(-c5ccc6nc(-c7ccccc7)sc6c5)cc4)n3)cc2)cc1.c1ccc(-c2ccc(-c3nc(-c4ccccc4)cc(-c4cccc(-c5ccc6sc(-c7ccccc7)nc6c5)c4)n3)cc2)cc1.c1ccc(-c2ccc(-c3nc(-c4ccccc4)cc(-c4ccccc4-c4ccc5sc(-c6ccccc6)nc5c4)n3)cc2)cc1. The molecule has 24 rings (SSSR count). The van der Waals surface area contributed by atoms with Gasteiger partial charge in [-0.2, -0.15) is 0 Å². The van der Waals surface area contributed by atoms with Crippen molar-refractivity contribution in [2.24, 2.45) is 0 Å². The van der Waals surface area contributed by atoms with Gasteiger partial charge in [-0.05, 0) is 127 Å². The Hall–Kier alpha value is -17.1. The summed E-state index contributed by atoms with van der Waals surface area (Å²) in [6, 6.07) is 170. The van der Waals surface area contributed by atoms with Crippen LogP contribution in [-0.2, 0) is 0 Å². The standard InChI is InChI=1S/3C41H27N3S/c1-4-12-28(13-5-1)29-20-22-31(23-21-29)40-42-36(30-14-6-2-7-15-30)27-37(43-40)35-19-11-10-18-34(35)33-24-25-39-38(26-33)44-41(45-39)32-16-8-3-9-17-32;1-4-11-28(12-5-1)29-19-21-31(22-20-29)40-42-36(30-13-6-2-7-14-30)27-37(43-40)35-18-10-17-33(25-35)34-23-24-39-38(26-34)44-41(45-39)32-15-8-3-9-16-32;1-4-10-28(11-5-1)29-18-22-33(23-19-29)40-42-37(31-12-6-2-7-13-31)27-38(43-40)32-20-16-30(17-21-32)35-24-25-36-39(26-35)45-41(44-36)34-14-8-3-9-15-34/h3*1-27H. The molecule has 0 amide bonds. The van der Waals surface area contributed by atoms with Crippen molar-refractivity contribution in [3.63, 3.8) is 0 Å². The highest BCUT2D eigenvalue weighted by atomic mass is 32.1. The Balaban J connectivity index is 0.000000118. The molecule has 0 spiro atoms. The first-order valence-electron chi connectivity index (χ1n) is 44.8. The molecule has 0 radical (unpaired) electrons. The van der Waals surface area contributed by atoms with E-state index in [9.17, 15) is 0 Å². The summed E-state index contributed by atoms with van der Waals surface area (Å²) in [4.78, 5) is 45.2. The normalized spacial score (nSPS) is 11.1. The van der Waals surface area contributed by atoms with Crippen LogP contribution in [0.25, 0.3) is 231 Å². The molecule has 24 aromatic rings. The van der Waals surface area contributed by atoms with Crippen molar-refractivity contribution in [2.75, 3.05) is 0 Å². The molecule has 9 nitrogen and oxygen atoms in total. The van der Waals surface area contributed by atoms with Crippen molar-refractivity contribution in [3.8, 4) is 200 Å². The van der Waals surface area contributed by atoms with E-state index in [0.29, 0.717) is 17.5 Å². The van der Waals surface area contributed by atoms with Crippen molar-refractivity contribution in [1.29, 1.82) is 0 Å². The van der Waals surface area contributed by atoms with Gasteiger partial charge in [-0.25, -0.2) is 44.9 Å². The van der Waals surface area contributed by atoms with E-state index in [2.05, 4.69) is 400 Å². The van der Waals surface area contributed by atoms with Gasteiger partial charge in [0.25, 0.3) is 0 Å². The number of hydrogen-bond donors (Lipinski definition) is 0. The minimum atomic E-state index is 0.697. The molecule has 0 atom stereocenters. The summed E-state index contributed by atoms with van der Waals surface area (Å²) in [7, 11) is 0. The van der Waals surface area contributed by atoms with E-state index in [1.807, 2.05) is 91.0 Å². The summed E-state index contributed by atoms with van der Waals surface area (Å²) in [5.41, 5.74) is 34.9. The monoisotopic (exact) mass is 1780 g/mol. The number of aromatic nitrogens is 9. The van der Waals surface area contributed by atoms with E-state index in [1.165, 1.54) is 47.5 Å². The number of fused-ring (bicyclic) bond motifs is 3. The third kappa shape index (κ3) is 18.7. The highest BCUT2D eigenvalue weighted by Gasteiger charge is 2.21. The minimum Gasteiger partial charge on any atom is -0.236 e. The average molecular weight is 1780 g/mol. The molecular weight excluding hydrogens is 1700 g/mol. The van der Waals surface area contributed by atoms with Gasteiger partial charge in [0, 0.05) is 66.8 Å². The minimum absolute atomic E-state index is 0.697. The molecule has 18 aromatic carbocycles. The maximum Gasteiger partial charge on any atom is 0.160 e. The van der Waals surface area contributed by atoms with Crippen molar-refractivity contribution in [1.82, 2.24) is 44.9 Å². The van der Waals surface area contributed by atoms with Crippen molar-refractivity contribution < 1.29 is 0 Å². The Labute approximate surface area is 795 Å². The lowest BCUT2D eigenvalue weighted by Gasteiger charge is -2.13. The Morgan fingerprint density at radius 2 is 0.356 bits per heavy atom. The van der Waals surface area contributed by atoms with Crippen LogP contribution >= 0.6 is 34.0 Å². The van der Waals surface area contributed by atoms with Crippen LogP contribution in [0, 0.1) is 0 Å². The Bertz CT molecular complexity index is 8260. The quantitative estimate of drug-likeness (QED) is 0.0828. The maximum atomic E-state index is 5.17. The van der Waals surface area contributed by atoms with Gasteiger partial charge in [0.15, 0.2) is 17.5 Å². The average Bonchev–Trinajstić information content (AvgIpc) is 1.75. The Morgan fingerprint density at radius 3 is 0.756 bits per heavy atom. The van der Waals surface area contributed by atoms with Crippen LogP contribution in [-0.4, -0.2) is 44.9 Å². The highest BCUT2D eigenvalue weighted by molar-refractivity contribution is 7.22. The molecule has 0 unspecified atom stereocenters. The fraction of sp³-hybridized carbons (Fsp3) is 0. The summed E-state index contributed by atoms with van der Waals surface area (Å²) in [6.45, 7) is 0. The summed E-state index contributed by atoms with van der Waals surface area (Å²) < 4.78 is 3.53. The molecule has 0 aliphatic heterocycles. The molecule has 0 aliphatic rings. The van der Waals surface area contributed by atoms with Crippen molar-refractivity contribution in [3.05, 3.63) is 491 Å². The van der Waals surface area contributed by atoms with Crippen LogP contribution in [0.1, 0.15) is 0 Å². The zero-order valence-electron chi connectivity index (χ0n) is 73.0. The van der Waals surface area contributed by atoms with E-state index >= 15 is 0 Å². The van der Waals surface area contributed by atoms with Crippen LogP contribution in [0.4, 0.5) is 0 Å². The Kier molecular flexibility index (Phi) is 23.8. The van der Waals surface area contributed by atoms with Crippen LogP contribution in [0.3, 0.4) is 0 Å². The molecule has 0 saturated heterocycles. The summed E-state index contributed by atoms with van der Waals surface area (Å²) in [5.74, 6) is 2.11. The van der Waals surface area contributed by atoms with Gasteiger partial charge in [-0.1, -0.05) is 431 Å². The topological polar surface area (TPSA) is 116 Å². The molecule has 135 heavy (non-hydrogen) atoms. The number of thiazole rings is 3. The predicted octanol–water partition coefficient (Wildman–Crippen LogP) is 33.3. The van der Waals surface area contributed by atoms with Crippen LogP contribution in [0.5, 0.6) is 0 Å². The number of rotatable bonds is 18. The largest absolute Gasteiger partial charge is 0.236 e. The second-order valence-electron chi connectivity index (χ2n) is 32.7. The van der Waals surface area contributed by atoms with Gasteiger partial charge < -0.3 is 0 Å². The lowest BCUT2D eigenvalue weighted by Crippen LogP contribution is -1.97. The van der Waals surface area contributed by atoms with E-state index in [-0.39, 0.29) is 0 Å². The van der Waals surface area contributed by atoms with Crippen molar-refractivity contribution >= 4 is 64.7 Å². The third-order valence-electron chi connectivity index (χ3n) is 23.9. The van der Waals surface area contributed by atoms with E-state index in [4.69, 9.17) is 44.9 Å². The summed E-state index contributed by atoms with van der Waals surface area (Å²) >= 11 is 5.18. The van der Waals surface area contributed by atoms with Crippen LogP contribution in [0.2, 0.25) is 0 Å². The van der Waals surface area contributed by atoms with E-state index in [0.717, 1.165) is 166 Å². The molecule has 0 aliphatic carbocycles. The highest BCUT2D eigenvalue weighted by Crippen LogP contribution is 2.43. The fourth-order valence-electron chi connectivity index (χ4n) is 16.8. The lowest BCUT2D eigenvalue weighted by molar-refractivity contribution is 1.18. The molecule has 0 N–H and O–H groups in total.